The van der Waals surface area contributed by atoms with Crippen LogP contribution in [0.15, 0.2) is 24.3 Å². The van der Waals surface area contributed by atoms with Gasteiger partial charge < -0.3 is 19.6 Å². The highest BCUT2D eigenvalue weighted by molar-refractivity contribution is 8.02. The van der Waals surface area contributed by atoms with Gasteiger partial charge in [0.05, 0.1) is 29.8 Å². The molecule has 4 heterocycles. The van der Waals surface area contributed by atoms with Crippen LogP contribution in [0.4, 0.5) is 0 Å². The molecule has 4 aliphatic rings. The van der Waals surface area contributed by atoms with Crippen molar-refractivity contribution in [1.29, 1.82) is 0 Å². The number of carbonyl (C=O) groups excluding carboxylic acids is 3. The van der Waals surface area contributed by atoms with Gasteiger partial charge in [-0.2, -0.15) is 0 Å². The lowest BCUT2D eigenvalue weighted by molar-refractivity contribution is -0.153. The summed E-state index contributed by atoms with van der Waals surface area (Å²) in [6, 6.07) is -0.709. The molecule has 31 heavy (non-hydrogen) atoms. The smallest absolute Gasteiger partial charge is 0.311 e. The highest BCUT2D eigenvalue weighted by atomic mass is 32.2. The first-order chi connectivity index (χ1) is 15.0. The van der Waals surface area contributed by atoms with E-state index in [1.807, 2.05) is 23.1 Å². The van der Waals surface area contributed by atoms with Crippen molar-refractivity contribution in [3.05, 3.63) is 24.3 Å². The second kappa shape index (κ2) is 9.36. The summed E-state index contributed by atoms with van der Waals surface area (Å²) in [6.45, 7) is 3.49. The minimum absolute atomic E-state index is 0.0817. The highest BCUT2D eigenvalue weighted by Crippen LogP contribution is 2.60. The zero-order valence-electron chi connectivity index (χ0n) is 18.1. The second-order valence-electron chi connectivity index (χ2n) is 8.73. The number of nitrogens with zero attached hydrogens (tertiary/aromatic N) is 2. The summed E-state index contributed by atoms with van der Waals surface area (Å²) >= 11 is 1.55. The normalized spacial score (nSPS) is 36.1. The van der Waals surface area contributed by atoms with Crippen LogP contribution in [0, 0.1) is 11.8 Å². The van der Waals surface area contributed by atoms with Crippen molar-refractivity contribution < 1.29 is 24.2 Å². The number of β-amino-alcohol motifs (C(OH)–C–C–N with tert-alkyl or cyclic N) is 1. The topological polar surface area (TPSA) is 87.2 Å². The van der Waals surface area contributed by atoms with Crippen molar-refractivity contribution in [2.45, 2.75) is 55.1 Å². The molecule has 0 aromatic heterocycles. The molecule has 2 fully saturated rings. The van der Waals surface area contributed by atoms with E-state index in [9.17, 15) is 19.5 Å². The number of hydrogen-bond acceptors (Lipinski definition) is 6. The number of rotatable bonds is 6. The number of carbonyl (C=O) groups is 3. The van der Waals surface area contributed by atoms with Gasteiger partial charge in [-0.05, 0) is 19.3 Å². The molecule has 7 nitrogen and oxygen atoms in total. The van der Waals surface area contributed by atoms with E-state index in [-0.39, 0.29) is 36.2 Å². The van der Waals surface area contributed by atoms with Crippen LogP contribution in [0.1, 0.15) is 39.0 Å². The van der Waals surface area contributed by atoms with Crippen LogP contribution in [0.5, 0.6) is 0 Å². The lowest BCUT2D eigenvalue weighted by Crippen LogP contribution is -2.53. The Morgan fingerprint density at radius 2 is 2.03 bits per heavy atom. The number of unbranched alkanes of at least 4 members (excludes halogenated alkanes) is 2. The molecule has 8 heteroatoms. The number of thioether (sulfide) groups is 1. The molecule has 2 saturated heterocycles. The van der Waals surface area contributed by atoms with Crippen LogP contribution < -0.4 is 0 Å². The highest BCUT2D eigenvalue weighted by Gasteiger charge is 2.70. The average Bonchev–Trinajstić information content (AvgIpc) is 3.15. The maximum atomic E-state index is 13.7. The van der Waals surface area contributed by atoms with Crippen LogP contribution >= 0.6 is 11.8 Å². The molecule has 170 valence electrons. The Balaban J connectivity index is 1.74. The van der Waals surface area contributed by atoms with Crippen LogP contribution in [-0.4, -0.2) is 81.6 Å². The first-order valence-corrected chi connectivity index (χ1v) is 12.3. The second-order valence-corrected chi connectivity index (χ2v) is 10.2. The third-order valence-electron chi connectivity index (χ3n) is 6.81. The maximum Gasteiger partial charge on any atom is 0.311 e. The van der Waals surface area contributed by atoms with E-state index in [1.165, 1.54) is 4.90 Å². The molecule has 0 aromatic carbocycles. The van der Waals surface area contributed by atoms with E-state index in [4.69, 9.17) is 4.74 Å². The Labute approximate surface area is 187 Å². The number of fused-ring (bicyclic) bond motifs is 2. The zero-order valence-corrected chi connectivity index (χ0v) is 18.9. The molecule has 0 radical (unpaired) electrons. The van der Waals surface area contributed by atoms with Crippen LogP contribution in [0.25, 0.3) is 0 Å². The fourth-order valence-corrected chi connectivity index (χ4v) is 7.40. The van der Waals surface area contributed by atoms with E-state index in [1.54, 1.807) is 11.8 Å². The van der Waals surface area contributed by atoms with Gasteiger partial charge in [0, 0.05) is 24.9 Å². The molecule has 1 spiro atoms. The first-order valence-electron chi connectivity index (χ1n) is 11.4. The molecule has 0 aliphatic carbocycles. The number of likely N-dealkylation sites (tertiary alicyclic amines) is 1. The van der Waals surface area contributed by atoms with Crippen molar-refractivity contribution in [2.75, 3.05) is 32.8 Å². The molecule has 0 saturated carbocycles. The Bertz CT molecular complexity index is 784. The SMILES string of the molecule is CCCCCN1CC=C[C@]23S[C@H]4/C=C\CCCOC(=O)[C@H]4[C@H]2C(=O)N(CCO)C3C1=O. The van der Waals surface area contributed by atoms with Crippen molar-refractivity contribution >= 4 is 29.5 Å². The number of esters is 1. The van der Waals surface area contributed by atoms with Crippen LogP contribution in [0.3, 0.4) is 0 Å². The minimum atomic E-state index is -0.819. The number of amides is 2. The van der Waals surface area contributed by atoms with E-state index >= 15 is 0 Å². The van der Waals surface area contributed by atoms with Crippen LogP contribution in [0.2, 0.25) is 0 Å². The summed E-state index contributed by atoms with van der Waals surface area (Å²) in [5.41, 5.74) is 0. The largest absolute Gasteiger partial charge is 0.465 e. The molecule has 1 N–H and O–H groups in total. The predicted molar refractivity (Wildman–Crippen MR) is 118 cm³/mol. The maximum absolute atomic E-state index is 13.7. The third-order valence-corrected chi connectivity index (χ3v) is 8.55. The number of aliphatic hydroxyl groups is 1. The van der Waals surface area contributed by atoms with E-state index < -0.39 is 22.6 Å². The molecule has 4 aliphatic heterocycles. The average molecular weight is 449 g/mol. The quantitative estimate of drug-likeness (QED) is 0.379. The summed E-state index contributed by atoms with van der Waals surface area (Å²) in [7, 11) is 0. The number of aliphatic hydroxyl groups excluding tert-OH is 1. The third kappa shape index (κ3) is 3.82. The molecule has 0 bridgehead atoms. The van der Waals surface area contributed by atoms with Crippen molar-refractivity contribution in [3.8, 4) is 0 Å². The summed E-state index contributed by atoms with van der Waals surface area (Å²) < 4.78 is 4.70. The molecular formula is C23H32N2O5S. The lowest BCUT2D eigenvalue weighted by Gasteiger charge is -2.35. The number of allylic oxidation sites excluding steroid dienone is 1. The summed E-state index contributed by atoms with van der Waals surface area (Å²) in [4.78, 5) is 43.7. The van der Waals surface area contributed by atoms with Gasteiger partial charge in [0.2, 0.25) is 11.8 Å². The number of hydrogen-bond donors (Lipinski definition) is 1. The zero-order chi connectivity index (χ0) is 22.0. The Morgan fingerprint density at radius 1 is 1.19 bits per heavy atom. The van der Waals surface area contributed by atoms with Gasteiger partial charge in [0.1, 0.15) is 6.04 Å². The van der Waals surface area contributed by atoms with Crippen molar-refractivity contribution in [1.82, 2.24) is 9.80 Å². The lowest BCUT2D eigenvalue weighted by atomic mass is 9.78. The number of ether oxygens (including phenoxy) is 1. The van der Waals surface area contributed by atoms with E-state index in [0.717, 1.165) is 32.1 Å². The predicted octanol–water partition coefficient (Wildman–Crippen LogP) is 1.76. The first kappa shape index (κ1) is 22.4. The summed E-state index contributed by atoms with van der Waals surface area (Å²) in [6.07, 6.45) is 12.7. The van der Waals surface area contributed by atoms with E-state index in [2.05, 4.69) is 13.0 Å². The molecule has 0 aromatic rings. The van der Waals surface area contributed by atoms with Gasteiger partial charge in [-0.25, -0.2) is 0 Å². The van der Waals surface area contributed by atoms with Gasteiger partial charge in [-0.3, -0.25) is 14.4 Å². The van der Waals surface area contributed by atoms with Crippen LogP contribution in [-0.2, 0) is 19.1 Å². The molecule has 2 amide bonds. The molecular weight excluding hydrogens is 416 g/mol. The molecule has 4 rings (SSSR count). The Hall–Kier alpha value is -1.80. The van der Waals surface area contributed by atoms with Crippen molar-refractivity contribution in [2.24, 2.45) is 11.8 Å². The van der Waals surface area contributed by atoms with Gasteiger partial charge in [-0.15, -0.1) is 11.8 Å². The van der Waals surface area contributed by atoms with Gasteiger partial charge >= 0.3 is 5.97 Å². The molecule has 5 atom stereocenters. The van der Waals surface area contributed by atoms with E-state index in [0.29, 0.717) is 19.7 Å². The fourth-order valence-electron chi connectivity index (χ4n) is 5.40. The summed E-state index contributed by atoms with van der Waals surface area (Å²) in [5.74, 6) is -1.94. The Morgan fingerprint density at radius 3 is 2.81 bits per heavy atom. The van der Waals surface area contributed by atoms with Gasteiger partial charge in [-0.1, -0.05) is 44.1 Å². The monoisotopic (exact) mass is 448 g/mol. The summed E-state index contributed by atoms with van der Waals surface area (Å²) in [5, 5.41) is 9.44. The Kier molecular flexibility index (Phi) is 6.77. The minimum Gasteiger partial charge on any atom is -0.465 e. The fraction of sp³-hybridized carbons (Fsp3) is 0.696. The number of cyclic esters (lactones) is 1. The standard InChI is InChI=1S/C23H32N2O5S/c1-2-3-6-11-24-12-8-10-23-18(20(27)25(13-14-26)19(23)21(24)28)17-16(31-23)9-5-4-7-15-30-22(17)29/h5,8-10,16-19,26H,2-4,6-7,11-15H2,1H3/b9-5-/t16-,17+,18-,19?,23-/m0/s1. The van der Waals surface area contributed by atoms with Gasteiger partial charge in [0.15, 0.2) is 0 Å². The van der Waals surface area contributed by atoms with Gasteiger partial charge in [0.25, 0.3) is 0 Å². The molecule has 1 unspecified atom stereocenters. The van der Waals surface area contributed by atoms with Crippen molar-refractivity contribution in [3.63, 3.8) is 0 Å².